The summed E-state index contributed by atoms with van der Waals surface area (Å²) in [6.07, 6.45) is 1.53. The van der Waals surface area contributed by atoms with Gasteiger partial charge in [-0.05, 0) is 30.7 Å². The maximum absolute atomic E-state index is 12.4. The highest BCUT2D eigenvalue weighted by molar-refractivity contribution is 6.01. The van der Waals surface area contributed by atoms with Crippen molar-refractivity contribution >= 4 is 17.5 Å². The number of hydrogen-bond donors (Lipinski definition) is 1. The molecule has 0 aliphatic carbocycles. The van der Waals surface area contributed by atoms with Crippen LogP contribution in [0.5, 0.6) is 5.75 Å². The summed E-state index contributed by atoms with van der Waals surface area (Å²) in [4.78, 5) is 27.0. The topological polar surface area (TPSA) is 125 Å². The van der Waals surface area contributed by atoms with E-state index in [2.05, 4.69) is 15.4 Å². The van der Waals surface area contributed by atoms with Crippen molar-refractivity contribution in [1.82, 2.24) is 14.8 Å². The molecule has 0 saturated heterocycles. The lowest BCUT2D eigenvalue weighted by Crippen LogP contribution is -2.12. The highest BCUT2D eigenvalue weighted by Crippen LogP contribution is 2.26. The molecular weight excluding hydrogens is 414 g/mol. The minimum absolute atomic E-state index is 0.0426. The van der Waals surface area contributed by atoms with E-state index in [1.165, 1.54) is 30.1 Å². The molecule has 32 heavy (non-hydrogen) atoms. The average Bonchev–Trinajstić information content (AvgIpc) is 3.43. The predicted octanol–water partition coefficient (Wildman–Crippen LogP) is 3.97. The Bertz CT molecular complexity index is 1250. The summed E-state index contributed by atoms with van der Waals surface area (Å²) >= 11 is 0. The summed E-state index contributed by atoms with van der Waals surface area (Å²) in [6, 6.07) is 17.1. The van der Waals surface area contributed by atoms with Crippen LogP contribution in [0.25, 0.3) is 0 Å². The van der Waals surface area contributed by atoms with E-state index in [1.807, 2.05) is 31.2 Å². The van der Waals surface area contributed by atoms with Crippen LogP contribution in [0.15, 0.2) is 71.4 Å². The molecule has 4 aromatic rings. The molecule has 10 heteroatoms. The summed E-state index contributed by atoms with van der Waals surface area (Å²) < 4.78 is 12.6. The van der Waals surface area contributed by atoms with E-state index in [0.717, 1.165) is 5.56 Å². The van der Waals surface area contributed by atoms with E-state index in [0.29, 0.717) is 12.3 Å². The zero-order valence-electron chi connectivity index (χ0n) is 17.1. The van der Waals surface area contributed by atoms with Crippen LogP contribution in [0.4, 0.5) is 11.6 Å². The number of anilines is 1. The molecule has 0 atom stereocenters. The monoisotopic (exact) mass is 433 g/mol. The van der Waals surface area contributed by atoms with Crippen LogP contribution in [0.2, 0.25) is 0 Å². The second kappa shape index (κ2) is 9.13. The van der Waals surface area contributed by atoms with Gasteiger partial charge in [-0.2, -0.15) is 0 Å². The molecule has 162 valence electrons. The highest BCUT2D eigenvalue weighted by atomic mass is 16.6. The fourth-order valence-electron chi connectivity index (χ4n) is 2.93. The molecule has 0 aliphatic rings. The van der Waals surface area contributed by atoms with Crippen LogP contribution in [-0.2, 0) is 13.2 Å². The van der Waals surface area contributed by atoms with Gasteiger partial charge in [-0.25, -0.2) is 9.67 Å². The van der Waals surface area contributed by atoms with Crippen LogP contribution < -0.4 is 10.1 Å². The molecule has 0 aliphatic heterocycles. The Labute approximate surface area is 182 Å². The Morgan fingerprint density at radius 1 is 1.16 bits per heavy atom. The number of benzene rings is 2. The second-order valence-corrected chi connectivity index (χ2v) is 6.98. The van der Waals surface area contributed by atoms with Gasteiger partial charge >= 0.3 is 5.69 Å². The van der Waals surface area contributed by atoms with Crippen molar-refractivity contribution in [1.29, 1.82) is 0 Å². The highest BCUT2D eigenvalue weighted by Gasteiger charge is 2.17. The van der Waals surface area contributed by atoms with Crippen molar-refractivity contribution in [3.05, 3.63) is 99.8 Å². The van der Waals surface area contributed by atoms with Gasteiger partial charge in [-0.3, -0.25) is 20.2 Å². The Kier molecular flexibility index (Phi) is 5.93. The molecule has 0 unspecified atom stereocenters. The Morgan fingerprint density at radius 3 is 2.72 bits per heavy atom. The molecule has 2 aromatic heterocycles. The number of nitrogens with one attached hydrogen (secondary N) is 1. The minimum atomic E-state index is -0.526. The number of nitrogens with zero attached hydrogens (tertiary/aromatic N) is 4. The number of ether oxygens (including phenoxy) is 1. The van der Waals surface area contributed by atoms with Gasteiger partial charge in [0.25, 0.3) is 5.91 Å². The standard InChI is InChI=1S/C22H19N5O5/c1-15-6-8-16(9-7-15)12-26-14-23-22(25-26)24-21(28)20-11-10-17(32-20)13-31-19-5-3-2-4-18(19)27(29)30/h2-11,14H,12-13H2,1H3,(H,24,25,28). The first kappa shape index (κ1) is 20.8. The maximum atomic E-state index is 12.4. The van der Waals surface area contributed by atoms with Crippen LogP contribution in [0, 0.1) is 17.0 Å². The molecule has 0 spiro atoms. The van der Waals surface area contributed by atoms with E-state index in [-0.39, 0.29) is 29.8 Å². The van der Waals surface area contributed by atoms with Crippen molar-refractivity contribution in [2.24, 2.45) is 0 Å². The first-order valence-corrected chi connectivity index (χ1v) is 9.69. The summed E-state index contributed by atoms with van der Waals surface area (Å²) in [6.45, 7) is 2.48. The van der Waals surface area contributed by atoms with Gasteiger partial charge in [0.2, 0.25) is 5.95 Å². The first-order valence-electron chi connectivity index (χ1n) is 9.69. The van der Waals surface area contributed by atoms with Crippen molar-refractivity contribution in [2.75, 3.05) is 5.32 Å². The average molecular weight is 433 g/mol. The fourth-order valence-corrected chi connectivity index (χ4v) is 2.93. The zero-order valence-corrected chi connectivity index (χ0v) is 17.1. The van der Waals surface area contributed by atoms with Crippen LogP contribution in [0.3, 0.4) is 0 Å². The fraction of sp³-hybridized carbons (Fsp3) is 0.136. The number of carbonyl (C=O) groups excluding carboxylic acids is 1. The number of furan rings is 1. The molecule has 10 nitrogen and oxygen atoms in total. The van der Waals surface area contributed by atoms with Crippen molar-refractivity contribution in [2.45, 2.75) is 20.1 Å². The molecular formula is C22H19N5O5. The van der Waals surface area contributed by atoms with Gasteiger partial charge in [-0.1, -0.05) is 42.0 Å². The molecule has 2 heterocycles. The summed E-state index contributed by atoms with van der Waals surface area (Å²) in [7, 11) is 0. The molecule has 0 fully saturated rings. The van der Waals surface area contributed by atoms with Crippen molar-refractivity contribution in [3.8, 4) is 5.75 Å². The summed E-state index contributed by atoms with van der Waals surface area (Å²) in [5, 5.41) is 17.9. The lowest BCUT2D eigenvalue weighted by atomic mass is 10.1. The number of amides is 1. The number of nitro groups is 1. The molecule has 1 amide bonds. The third-order valence-corrected chi connectivity index (χ3v) is 4.54. The molecule has 0 bridgehead atoms. The molecule has 1 N–H and O–H groups in total. The van der Waals surface area contributed by atoms with Gasteiger partial charge in [0.15, 0.2) is 11.5 Å². The third kappa shape index (κ3) is 4.98. The quantitative estimate of drug-likeness (QED) is 0.329. The lowest BCUT2D eigenvalue weighted by molar-refractivity contribution is -0.386. The number of carbonyl (C=O) groups is 1. The largest absolute Gasteiger partial charge is 0.479 e. The number of hydrogen-bond acceptors (Lipinski definition) is 7. The first-order chi connectivity index (χ1) is 15.5. The van der Waals surface area contributed by atoms with Crippen molar-refractivity contribution < 1.29 is 18.9 Å². The molecule has 2 aromatic carbocycles. The predicted molar refractivity (Wildman–Crippen MR) is 114 cm³/mol. The minimum Gasteiger partial charge on any atom is -0.479 e. The van der Waals surface area contributed by atoms with E-state index in [1.54, 1.807) is 22.9 Å². The molecule has 4 rings (SSSR count). The number of rotatable bonds is 8. The molecule has 0 radical (unpaired) electrons. The maximum Gasteiger partial charge on any atom is 0.310 e. The lowest BCUT2D eigenvalue weighted by Gasteiger charge is -2.04. The van der Waals surface area contributed by atoms with Crippen LogP contribution in [0.1, 0.15) is 27.4 Å². The normalized spacial score (nSPS) is 10.7. The van der Waals surface area contributed by atoms with E-state index >= 15 is 0 Å². The Balaban J connectivity index is 1.35. The SMILES string of the molecule is Cc1ccc(Cn2cnc(NC(=O)c3ccc(COc4ccccc4[N+](=O)[O-])o3)n2)cc1. The number of aromatic nitrogens is 3. The Morgan fingerprint density at radius 2 is 1.94 bits per heavy atom. The van der Waals surface area contributed by atoms with Gasteiger partial charge in [0, 0.05) is 6.07 Å². The molecule has 0 saturated carbocycles. The van der Waals surface area contributed by atoms with Crippen LogP contribution >= 0.6 is 0 Å². The van der Waals surface area contributed by atoms with Gasteiger partial charge < -0.3 is 9.15 Å². The number of para-hydroxylation sites is 2. The third-order valence-electron chi connectivity index (χ3n) is 4.54. The van der Waals surface area contributed by atoms with Crippen LogP contribution in [-0.4, -0.2) is 25.6 Å². The zero-order chi connectivity index (χ0) is 22.5. The van der Waals surface area contributed by atoms with E-state index < -0.39 is 10.8 Å². The van der Waals surface area contributed by atoms with E-state index in [4.69, 9.17) is 9.15 Å². The summed E-state index contributed by atoms with van der Waals surface area (Å²) in [5.41, 5.74) is 2.09. The van der Waals surface area contributed by atoms with Crippen molar-refractivity contribution in [3.63, 3.8) is 0 Å². The second-order valence-electron chi connectivity index (χ2n) is 6.98. The smallest absolute Gasteiger partial charge is 0.310 e. The Hall–Kier alpha value is -4.47. The van der Waals surface area contributed by atoms with Gasteiger partial charge in [0.05, 0.1) is 11.5 Å². The summed E-state index contributed by atoms with van der Waals surface area (Å²) in [5.74, 6) is 0.127. The number of nitro benzene ring substituents is 1. The van der Waals surface area contributed by atoms with Gasteiger partial charge in [-0.15, -0.1) is 5.10 Å². The van der Waals surface area contributed by atoms with E-state index in [9.17, 15) is 14.9 Å². The van der Waals surface area contributed by atoms with Gasteiger partial charge in [0.1, 0.15) is 18.7 Å². The number of aryl methyl sites for hydroxylation is 1.